The number of carbonyl (C=O) groups excluding carboxylic acids is 1. The van der Waals surface area contributed by atoms with Gasteiger partial charge in [0.15, 0.2) is 5.82 Å². The van der Waals surface area contributed by atoms with Gasteiger partial charge in [-0.2, -0.15) is 5.10 Å². The third-order valence-corrected chi connectivity index (χ3v) is 5.90. The van der Waals surface area contributed by atoms with Gasteiger partial charge in [0.05, 0.1) is 4.90 Å². The third-order valence-electron chi connectivity index (χ3n) is 4.36. The predicted molar refractivity (Wildman–Crippen MR) is 110 cm³/mol. The van der Waals surface area contributed by atoms with E-state index in [1.807, 2.05) is 12.1 Å². The van der Waals surface area contributed by atoms with E-state index in [0.29, 0.717) is 17.9 Å². The van der Waals surface area contributed by atoms with Crippen molar-refractivity contribution in [1.82, 2.24) is 19.5 Å². The molecule has 3 rings (SSSR count). The number of aryl methyl sites for hydroxylation is 3. The maximum Gasteiger partial charge on any atom is 0.257 e. The summed E-state index contributed by atoms with van der Waals surface area (Å²) in [4.78, 5) is 16.7. The predicted octanol–water partition coefficient (Wildman–Crippen LogP) is 2.38. The summed E-state index contributed by atoms with van der Waals surface area (Å²) in [6.45, 7) is 4.39. The van der Waals surface area contributed by atoms with Crippen molar-refractivity contribution in [2.24, 2.45) is 0 Å². The van der Waals surface area contributed by atoms with Gasteiger partial charge in [0.25, 0.3) is 5.91 Å². The molecule has 8 nitrogen and oxygen atoms in total. The molecule has 1 amide bonds. The van der Waals surface area contributed by atoms with E-state index in [9.17, 15) is 13.2 Å². The van der Waals surface area contributed by atoms with E-state index < -0.39 is 15.9 Å². The quantitative estimate of drug-likeness (QED) is 0.590. The normalized spacial score (nSPS) is 11.4. The van der Waals surface area contributed by atoms with Gasteiger partial charge in [-0.15, -0.1) is 0 Å². The van der Waals surface area contributed by atoms with Crippen LogP contribution in [0, 0.1) is 6.92 Å². The third kappa shape index (κ3) is 5.27. The molecule has 0 saturated carbocycles. The van der Waals surface area contributed by atoms with E-state index in [1.165, 1.54) is 12.1 Å². The number of nitrogens with one attached hydrogen (secondary N) is 2. The van der Waals surface area contributed by atoms with Crippen molar-refractivity contribution in [2.45, 2.75) is 31.7 Å². The molecule has 0 aliphatic carbocycles. The molecule has 0 fully saturated rings. The summed E-state index contributed by atoms with van der Waals surface area (Å²) >= 11 is 0. The van der Waals surface area contributed by atoms with Crippen LogP contribution in [0.2, 0.25) is 0 Å². The molecule has 0 aliphatic heterocycles. The number of hydrogen-bond donors (Lipinski definition) is 2. The highest BCUT2D eigenvalue weighted by Crippen LogP contribution is 2.17. The highest BCUT2D eigenvalue weighted by atomic mass is 32.2. The fraction of sp³-hybridized carbons (Fsp3) is 0.250. The molecule has 9 heteroatoms. The van der Waals surface area contributed by atoms with Crippen LogP contribution in [-0.4, -0.2) is 35.6 Å². The first-order valence-corrected chi connectivity index (χ1v) is 10.7. The average Bonchev–Trinajstić information content (AvgIpc) is 3.14. The topological polar surface area (TPSA) is 106 Å². The lowest BCUT2D eigenvalue weighted by Crippen LogP contribution is -2.24. The molecule has 0 atom stereocenters. The van der Waals surface area contributed by atoms with E-state index in [2.05, 4.69) is 20.1 Å². The Morgan fingerprint density at radius 1 is 1.14 bits per heavy atom. The molecular weight excluding hydrogens is 390 g/mol. The Bertz CT molecular complexity index is 1090. The number of carbonyl (C=O) groups is 1. The van der Waals surface area contributed by atoms with Crippen molar-refractivity contribution in [3.63, 3.8) is 0 Å². The Kier molecular flexibility index (Phi) is 6.40. The number of amides is 1. The molecule has 0 saturated heterocycles. The number of anilines is 1. The Morgan fingerprint density at radius 2 is 1.90 bits per heavy atom. The minimum absolute atomic E-state index is 0.0537. The first kappa shape index (κ1) is 20.7. The average molecular weight is 414 g/mol. The van der Waals surface area contributed by atoms with E-state index in [0.717, 1.165) is 12.0 Å². The molecule has 0 aliphatic rings. The van der Waals surface area contributed by atoms with Crippen molar-refractivity contribution in [3.05, 3.63) is 71.7 Å². The zero-order chi connectivity index (χ0) is 20.9. The fourth-order valence-electron chi connectivity index (χ4n) is 2.82. The zero-order valence-electron chi connectivity index (χ0n) is 16.3. The van der Waals surface area contributed by atoms with Gasteiger partial charge in [-0.25, -0.2) is 13.1 Å². The van der Waals surface area contributed by atoms with Gasteiger partial charge in [0.2, 0.25) is 10.0 Å². The van der Waals surface area contributed by atoms with Crippen LogP contribution in [-0.2, 0) is 23.0 Å². The monoisotopic (exact) mass is 413 g/mol. The summed E-state index contributed by atoms with van der Waals surface area (Å²) < 4.78 is 28.6. The van der Waals surface area contributed by atoms with Gasteiger partial charge in [-0.05, 0) is 48.7 Å². The summed E-state index contributed by atoms with van der Waals surface area (Å²) in [7, 11) is -3.64. The fourth-order valence-corrected chi connectivity index (χ4v) is 3.88. The second kappa shape index (κ2) is 8.97. The Labute approximate surface area is 170 Å². The van der Waals surface area contributed by atoms with E-state index in [1.54, 1.807) is 49.3 Å². The van der Waals surface area contributed by atoms with E-state index >= 15 is 0 Å². The van der Waals surface area contributed by atoms with Gasteiger partial charge >= 0.3 is 0 Å². The van der Waals surface area contributed by atoms with Crippen LogP contribution < -0.4 is 10.0 Å². The van der Waals surface area contributed by atoms with Gasteiger partial charge in [0, 0.05) is 43.3 Å². The maximum atomic E-state index is 12.7. The van der Waals surface area contributed by atoms with Crippen molar-refractivity contribution in [3.8, 4) is 0 Å². The van der Waals surface area contributed by atoms with Gasteiger partial charge in [-0.3, -0.25) is 14.5 Å². The van der Waals surface area contributed by atoms with Crippen LogP contribution in [0.15, 0.2) is 59.9 Å². The Hall–Kier alpha value is -3.04. The number of nitrogens with zero attached hydrogens (tertiary/aromatic N) is 3. The van der Waals surface area contributed by atoms with Crippen molar-refractivity contribution in [1.29, 1.82) is 0 Å². The van der Waals surface area contributed by atoms with Gasteiger partial charge in [-0.1, -0.05) is 13.0 Å². The number of pyridine rings is 1. The molecule has 1 aromatic carbocycles. The molecule has 2 N–H and O–H groups in total. The standard InChI is InChI=1S/C20H23N5O3S/c1-3-22-29(27,28)17-5-4-15(2)18(14-17)20(26)23-19-9-13-25(24-19)12-8-16-6-10-21-11-7-16/h4-7,9-11,13-14,22H,3,8,12H2,1-2H3,(H,23,24,26). The lowest BCUT2D eigenvalue weighted by molar-refractivity contribution is 0.102. The van der Waals surface area contributed by atoms with Crippen molar-refractivity contribution in [2.75, 3.05) is 11.9 Å². The SMILES string of the molecule is CCNS(=O)(=O)c1ccc(C)c(C(=O)Nc2ccn(CCc3ccncc3)n2)c1. The number of sulfonamides is 1. The molecule has 0 radical (unpaired) electrons. The zero-order valence-corrected chi connectivity index (χ0v) is 17.1. The van der Waals surface area contributed by atoms with Crippen molar-refractivity contribution < 1.29 is 13.2 Å². The smallest absolute Gasteiger partial charge is 0.257 e. The molecular formula is C20H23N5O3S. The van der Waals surface area contributed by atoms with E-state index in [-0.39, 0.29) is 17.0 Å². The van der Waals surface area contributed by atoms with Crippen LogP contribution in [0.1, 0.15) is 28.4 Å². The van der Waals surface area contributed by atoms with Crippen LogP contribution >= 0.6 is 0 Å². The number of hydrogen-bond acceptors (Lipinski definition) is 5. The summed E-state index contributed by atoms with van der Waals surface area (Å²) in [5.74, 6) is -0.000459. The number of rotatable bonds is 8. The van der Waals surface area contributed by atoms with Crippen molar-refractivity contribution >= 4 is 21.7 Å². The molecule has 152 valence electrons. The number of aromatic nitrogens is 3. The molecule has 2 aromatic heterocycles. The second-order valence-corrected chi connectivity index (χ2v) is 8.27. The van der Waals surface area contributed by atoms with Crippen LogP contribution in [0.25, 0.3) is 0 Å². The highest BCUT2D eigenvalue weighted by molar-refractivity contribution is 7.89. The first-order chi connectivity index (χ1) is 13.9. The summed E-state index contributed by atoms with van der Waals surface area (Å²) in [5, 5.41) is 7.09. The second-order valence-electron chi connectivity index (χ2n) is 6.50. The molecule has 0 spiro atoms. The lowest BCUT2D eigenvalue weighted by Gasteiger charge is -2.09. The van der Waals surface area contributed by atoms with Gasteiger partial charge in [0.1, 0.15) is 0 Å². The van der Waals surface area contributed by atoms with Gasteiger partial charge < -0.3 is 5.32 Å². The van der Waals surface area contributed by atoms with Crippen LogP contribution in [0.4, 0.5) is 5.82 Å². The molecule has 0 bridgehead atoms. The molecule has 3 aromatic rings. The minimum atomic E-state index is -3.64. The highest BCUT2D eigenvalue weighted by Gasteiger charge is 2.18. The maximum absolute atomic E-state index is 12.7. The summed E-state index contributed by atoms with van der Waals surface area (Å²) in [6.07, 6.45) is 6.07. The Morgan fingerprint density at radius 3 is 2.62 bits per heavy atom. The first-order valence-electron chi connectivity index (χ1n) is 9.23. The molecule has 29 heavy (non-hydrogen) atoms. The lowest BCUT2D eigenvalue weighted by atomic mass is 10.1. The van der Waals surface area contributed by atoms with Crippen LogP contribution in [0.5, 0.6) is 0 Å². The Balaban J connectivity index is 1.70. The summed E-state index contributed by atoms with van der Waals surface area (Å²) in [5.41, 5.74) is 2.11. The minimum Gasteiger partial charge on any atom is -0.305 e. The molecule has 2 heterocycles. The van der Waals surface area contributed by atoms with Crippen LogP contribution in [0.3, 0.4) is 0 Å². The largest absolute Gasteiger partial charge is 0.305 e. The summed E-state index contributed by atoms with van der Waals surface area (Å²) in [6, 6.07) is 10.1. The number of benzene rings is 1. The molecule has 0 unspecified atom stereocenters. The van der Waals surface area contributed by atoms with E-state index in [4.69, 9.17) is 0 Å².